The molecule has 0 bridgehead atoms. The summed E-state index contributed by atoms with van der Waals surface area (Å²) in [4.78, 5) is 26.0. The lowest BCUT2D eigenvalue weighted by molar-refractivity contribution is -0.132. The molecule has 0 aliphatic carbocycles. The van der Waals surface area contributed by atoms with Gasteiger partial charge in [0.2, 0.25) is 17.6 Å². The molecule has 10 heteroatoms. The van der Waals surface area contributed by atoms with Crippen molar-refractivity contribution in [1.29, 1.82) is 0 Å². The largest absolute Gasteiger partial charge is 0.508 e. The number of piperazine rings is 1. The van der Waals surface area contributed by atoms with Crippen LogP contribution in [-0.2, 0) is 17.8 Å². The number of phenols is 1. The minimum atomic E-state index is 0.0741. The van der Waals surface area contributed by atoms with E-state index in [-0.39, 0.29) is 18.1 Å². The summed E-state index contributed by atoms with van der Waals surface area (Å²) in [5.74, 6) is 1.38. The number of rotatable bonds is 6. The number of aromatic hydroxyl groups is 1. The summed E-state index contributed by atoms with van der Waals surface area (Å²) in [6.45, 7) is 3.31. The summed E-state index contributed by atoms with van der Waals surface area (Å²) >= 11 is 7.43. The summed E-state index contributed by atoms with van der Waals surface area (Å²) in [6.07, 6.45) is 0.280. The van der Waals surface area contributed by atoms with E-state index in [2.05, 4.69) is 20.0 Å². The Balaban J connectivity index is 1.12. The van der Waals surface area contributed by atoms with Crippen molar-refractivity contribution in [2.45, 2.75) is 13.0 Å². The van der Waals surface area contributed by atoms with Gasteiger partial charge in [-0.15, -0.1) is 11.3 Å². The van der Waals surface area contributed by atoms with Crippen LogP contribution in [0, 0.1) is 0 Å². The van der Waals surface area contributed by atoms with Gasteiger partial charge >= 0.3 is 0 Å². The number of hydrogen-bond acceptors (Lipinski definition) is 8. The second-order valence-electron chi connectivity index (χ2n) is 8.04. The Labute approximate surface area is 205 Å². The second-order valence-corrected chi connectivity index (χ2v) is 9.34. The van der Waals surface area contributed by atoms with Crippen molar-refractivity contribution in [2.75, 3.05) is 26.2 Å². The fourth-order valence-electron chi connectivity index (χ4n) is 3.77. The van der Waals surface area contributed by atoms with Crippen molar-refractivity contribution in [1.82, 2.24) is 24.9 Å². The zero-order chi connectivity index (χ0) is 23.5. The number of aromatic nitrogens is 3. The van der Waals surface area contributed by atoms with E-state index in [0.717, 1.165) is 34.9 Å². The van der Waals surface area contributed by atoms with Gasteiger partial charge in [0.25, 0.3) is 0 Å². The lowest BCUT2D eigenvalue weighted by Gasteiger charge is -2.33. The van der Waals surface area contributed by atoms with E-state index in [1.54, 1.807) is 24.3 Å². The molecule has 174 valence electrons. The fourth-order valence-corrected chi connectivity index (χ4v) is 4.73. The third-order valence-electron chi connectivity index (χ3n) is 5.65. The van der Waals surface area contributed by atoms with E-state index in [4.69, 9.17) is 16.1 Å². The van der Waals surface area contributed by atoms with E-state index in [0.29, 0.717) is 36.4 Å². The van der Waals surface area contributed by atoms with Crippen molar-refractivity contribution in [2.24, 2.45) is 0 Å². The van der Waals surface area contributed by atoms with Crippen molar-refractivity contribution in [3.63, 3.8) is 0 Å². The van der Waals surface area contributed by atoms with E-state index < -0.39 is 0 Å². The Morgan fingerprint density at radius 3 is 2.44 bits per heavy atom. The van der Waals surface area contributed by atoms with Crippen LogP contribution in [0.25, 0.3) is 22.0 Å². The van der Waals surface area contributed by atoms with Gasteiger partial charge in [-0.3, -0.25) is 9.69 Å². The van der Waals surface area contributed by atoms with Crippen LogP contribution in [-0.4, -0.2) is 62.1 Å². The van der Waals surface area contributed by atoms with E-state index in [1.807, 2.05) is 34.5 Å². The first-order valence-electron chi connectivity index (χ1n) is 10.9. The SMILES string of the molecule is O=C(Cc1csc(-c2ccc(O)cc2)n1)N1CCN(Cc2nc(-c3ccc(Cl)cc3)no2)CC1. The predicted octanol–water partition coefficient (Wildman–Crippen LogP) is 4.11. The first-order valence-corrected chi connectivity index (χ1v) is 12.1. The minimum absolute atomic E-state index is 0.0741. The number of carbonyl (C=O) groups excluding carboxylic acids is 1. The molecule has 1 fully saturated rings. The van der Waals surface area contributed by atoms with Crippen LogP contribution in [0.1, 0.15) is 11.6 Å². The highest BCUT2D eigenvalue weighted by Gasteiger charge is 2.23. The number of carbonyl (C=O) groups is 1. The van der Waals surface area contributed by atoms with Crippen LogP contribution < -0.4 is 0 Å². The van der Waals surface area contributed by atoms with Crippen LogP contribution in [0.3, 0.4) is 0 Å². The fraction of sp³-hybridized carbons (Fsp3) is 0.250. The van der Waals surface area contributed by atoms with Crippen LogP contribution in [0.4, 0.5) is 0 Å². The van der Waals surface area contributed by atoms with Gasteiger partial charge < -0.3 is 14.5 Å². The molecule has 1 aliphatic rings. The average Bonchev–Trinajstić information content (AvgIpc) is 3.50. The first kappa shape index (κ1) is 22.5. The molecule has 0 spiro atoms. The summed E-state index contributed by atoms with van der Waals surface area (Å²) in [5.41, 5.74) is 2.54. The lowest BCUT2D eigenvalue weighted by Crippen LogP contribution is -2.48. The molecule has 1 saturated heterocycles. The van der Waals surface area contributed by atoms with Gasteiger partial charge in [-0.2, -0.15) is 4.98 Å². The number of thiazole rings is 1. The number of benzene rings is 2. The first-order chi connectivity index (χ1) is 16.5. The Bertz CT molecular complexity index is 1260. The van der Waals surface area contributed by atoms with Crippen LogP contribution in [0.5, 0.6) is 5.75 Å². The number of hydrogen-bond donors (Lipinski definition) is 1. The highest BCUT2D eigenvalue weighted by atomic mass is 35.5. The van der Waals surface area contributed by atoms with E-state index in [9.17, 15) is 9.90 Å². The van der Waals surface area contributed by atoms with Crippen molar-refractivity contribution < 1.29 is 14.4 Å². The molecule has 8 nitrogen and oxygen atoms in total. The molecule has 1 amide bonds. The molecule has 3 heterocycles. The summed E-state index contributed by atoms with van der Waals surface area (Å²) in [6, 6.07) is 14.2. The van der Waals surface area contributed by atoms with E-state index in [1.165, 1.54) is 11.3 Å². The second kappa shape index (κ2) is 9.92. The molecule has 0 radical (unpaired) electrons. The molecule has 0 atom stereocenters. The average molecular weight is 496 g/mol. The molecular formula is C24H22ClN5O3S. The predicted molar refractivity (Wildman–Crippen MR) is 130 cm³/mol. The lowest BCUT2D eigenvalue weighted by atomic mass is 10.2. The Kier molecular flexibility index (Phi) is 6.57. The molecular weight excluding hydrogens is 474 g/mol. The molecule has 34 heavy (non-hydrogen) atoms. The zero-order valence-electron chi connectivity index (χ0n) is 18.2. The number of amides is 1. The Morgan fingerprint density at radius 1 is 1.00 bits per heavy atom. The highest BCUT2D eigenvalue weighted by molar-refractivity contribution is 7.13. The number of phenolic OH excluding ortho intramolecular Hbond substituents is 1. The normalized spacial score (nSPS) is 14.4. The minimum Gasteiger partial charge on any atom is -0.508 e. The van der Waals surface area contributed by atoms with Crippen LogP contribution >= 0.6 is 22.9 Å². The third kappa shape index (κ3) is 5.27. The summed E-state index contributed by atoms with van der Waals surface area (Å²) in [7, 11) is 0. The monoisotopic (exact) mass is 495 g/mol. The third-order valence-corrected chi connectivity index (χ3v) is 6.84. The topological polar surface area (TPSA) is 95.6 Å². The van der Waals surface area contributed by atoms with Gasteiger partial charge in [-0.05, 0) is 48.5 Å². The maximum atomic E-state index is 12.8. The van der Waals surface area contributed by atoms with Gasteiger partial charge in [-0.1, -0.05) is 16.8 Å². The van der Waals surface area contributed by atoms with Crippen molar-refractivity contribution >= 4 is 28.8 Å². The van der Waals surface area contributed by atoms with Gasteiger partial charge in [-0.25, -0.2) is 4.98 Å². The smallest absolute Gasteiger partial charge is 0.241 e. The Morgan fingerprint density at radius 2 is 1.71 bits per heavy atom. The summed E-state index contributed by atoms with van der Waals surface area (Å²) in [5, 5.41) is 16.9. The maximum absolute atomic E-state index is 12.8. The zero-order valence-corrected chi connectivity index (χ0v) is 19.8. The summed E-state index contributed by atoms with van der Waals surface area (Å²) < 4.78 is 5.41. The number of nitrogens with zero attached hydrogens (tertiary/aromatic N) is 5. The molecule has 4 aromatic rings. The quantitative estimate of drug-likeness (QED) is 0.430. The maximum Gasteiger partial charge on any atom is 0.241 e. The van der Waals surface area contributed by atoms with Crippen LogP contribution in [0.2, 0.25) is 5.02 Å². The highest BCUT2D eigenvalue weighted by Crippen LogP contribution is 2.26. The van der Waals surface area contributed by atoms with Gasteiger partial charge in [0.15, 0.2) is 0 Å². The Hall–Kier alpha value is -3.27. The molecule has 2 aromatic heterocycles. The van der Waals surface area contributed by atoms with E-state index >= 15 is 0 Å². The molecule has 5 rings (SSSR count). The van der Waals surface area contributed by atoms with Crippen LogP contribution in [0.15, 0.2) is 58.4 Å². The molecule has 0 unspecified atom stereocenters. The van der Waals surface area contributed by atoms with Crippen molar-refractivity contribution in [3.05, 3.63) is 70.5 Å². The van der Waals surface area contributed by atoms with Crippen molar-refractivity contribution in [3.8, 4) is 27.7 Å². The standard InChI is InChI=1S/C24H22ClN5O3S/c25-18-5-1-16(2-6-18)23-27-21(33-28-23)14-29-9-11-30(12-10-29)22(32)13-19-15-34-24(26-19)17-3-7-20(31)8-4-17/h1-8,15,31H,9-14H2. The van der Waals surface area contributed by atoms with Gasteiger partial charge in [0.05, 0.1) is 18.7 Å². The molecule has 0 saturated carbocycles. The molecule has 1 aliphatic heterocycles. The van der Waals surface area contributed by atoms with Gasteiger partial charge in [0.1, 0.15) is 10.8 Å². The molecule has 1 N–H and O–H groups in total. The number of halogens is 1. The van der Waals surface area contributed by atoms with Gasteiger partial charge in [0, 0.05) is 47.7 Å². The molecule has 2 aromatic carbocycles.